The van der Waals surface area contributed by atoms with Crippen molar-refractivity contribution in [3.63, 3.8) is 0 Å². The van der Waals surface area contributed by atoms with Gasteiger partial charge < -0.3 is 15.4 Å². The van der Waals surface area contributed by atoms with Crippen molar-refractivity contribution in [3.8, 4) is 5.88 Å². The molecule has 1 aromatic heterocycles. The summed E-state index contributed by atoms with van der Waals surface area (Å²) in [6, 6.07) is 7.78. The van der Waals surface area contributed by atoms with Gasteiger partial charge in [0, 0.05) is 54.9 Å². The number of hydrogen-bond acceptors (Lipinski definition) is 7. The number of amidine groups is 1. The number of amides is 2. The Bertz CT molecular complexity index is 1480. The second-order valence-corrected chi connectivity index (χ2v) is 13.1. The number of sulfonamides is 1. The van der Waals surface area contributed by atoms with Gasteiger partial charge in [-0.2, -0.15) is 4.99 Å². The topological polar surface area (TPSA) is 147 Å². The first-order chi connectivity index (χ1) is 20.7. The number of pyridine rings is 1. The average Bonchev–Trinajstić information content (AvgIpc) is 3.37. The van der Waals surface area contributed by atoms with Crippen LogP contribution in [0.25, 0.3) is 0 Å². The van der Waals surface area contributed by atoms with Gasteiger partial charge in [0.25, 0.3) is 5.91 Å². The Morgan fingerprint density at radius 2 is 1.91 bits per heavy atom. The Morgan fingerprint density at radius 1 is 1.14 bits per heavy atom. The molecule has 2 fully saturated rings. The largest absolute Gasteiger partial charge is 0.476 e. The Hall–Kier alpha value is -3.61. The molecule has 1 saturated carbocycles. The Kier molecular flexibility index (Phi) is 9.89. The molecule has 3 N–H and O–H groups in total. The van der Waals surface area contributed by atoms with E-state index in [9.17, 15) is 18.0 Å². The van der Waals surface area contributed by atoms with E-state index in [0.717, 1.165) is 43.7 Å². The van der Waals surface area contributed by atoms with Gasteiger partial charge in [0.15, 0.2) is 0 Å². The lowest BCUT2D eigenvalue weighted by Crippen LogP contribution is -2.42. The highest BCUT2D eigenvalue weighted by Crippen LogP contribution is 2.38. The number of aromatic nitrogens is 1. The van der Waals surface area contributed by atoms with Gasteiger partial charge in [-0.05, 0) is 69.8 Å². The van der Waals surface area contributed by atoms with E-state index in [4.69, 9.17) is 10.5 Å². The Balaban J connectivity index is 1.38. The molecule has 1 saturated heterocycles. The first kappa shape index (κ1) is 30.8. The molecular weight excluding hydrogens is 568 g/mol. The quantitative estimate of drug-likeness (QED) is 0.370. The van der Waals surface area contributed by atoms with Crippen LogP contribution in [0, 0.1) is 5.92 Å². The van der Waals surface area contributed by atoms with Gasteiger partial charge in [-0.3, -0.25) is 14.5 Å². The van der Waals surface area contributed by atoms with Crippen molar-refractivity contribution in [2.24, 2.45) is 16.6 Å². The van der Waals surface area contributed by atoms with Crippen molar-refractivity contribution in [1.29, 1.82) is 0 Å². The van der Waals surface area contributed by atoms with Gasteiger partial charge in [0.2, 0.25) is 21.8 Å². The number of anilines is 1. The highest BCUT2D eigenvalue weighted by atomic mass is 32.2. The lowest BCUT2D eigenvalue weighted by Gasteiger charge is -2.35. The normalized spacial score (nSPS) is 21.9. The third-order valence-corrected chi connectivity index (χ3v) is 9.85. The molecule has 2 aromatic rings. The molecule has 0 atom stereocenters. The Labute approximate surface area is 253 Å². The summed E-state index contributed by atoms with van der Waals surface area (Å²) < 4.78 is 33.7. The maximum absolute atomic E-state index is 13.4. The predicted molar refractivity (Wildman–Crippen MR) is 165 cm³/mol. The molecule has 3 heterocycles. The SMILES string of the molecule is C=CCNS(=O)(=O)c1cccc(C(=O)N=C2Cc3cnc(OCCN4CCCCC4)cc3N2C2CCC(C(N)=O)CC2)c1. The number of fused-ring (bicyclic) bond motifs is 1. The number of benzene rings is 1. The molecule has 5 rings (SSSR count). The van der Waals surface area contributed by atoms with Gasteiger partial charge in [0.1, 0.15) is 12.4 Å². The number of nitrogens with two attached hydrogens (primary N) is 1. The van der Waals surface area contributed by atoms with Gasteiger partial charge in [0.05, 0.1) is 10.6 Å². The van der Waals surface area contributed by atoms with Crippen LogP contribution in [-0.2, 0) is 21.2 Å². The zero-order chi connectivity index (χ0) is 30.4. The lowest BCUT2D eigenvalue weighted by atomic mass is 9.85. The van der Waals surface area contributed by atoms with Crippen LogP contribution in [0.3, 0.4) is 0 Å². The third-order valence-electron chi connectivity index (χ3n) is 8.43. The van der Waals surface area contributed by atoms with Crippen LogP contribution in [0.4, 0.5) is 5.69 Å². The number of nitrogens with zero attached hydrogens (tertiary/aromatic N) is 4. The number of likely N-dealkylation sites (tertiary alicyclic amines) is 1. The third kappa shape index (κ3) is 7.49. The van der Waals surface area contributed by atoms with Crippen LogP contribution in [0.5, 0.6) is 5.88 Å². The second-order valence-electron chi connectivity index (χ2n) is 11.4. The second kappa shape index (κ2) is 13.8. The smallest absolute Gasteiger partial charge is 0.278 e. The van der Waals surface area contributed by atoms with E-state index in [0.29, 0.717) is 37.6 Å². The minimum Gasteiger partial charge on any atom is -0.476 e. The molecule has 0 unspecified atom stereocenters. The summed E-state index contributed by atoms with van der Waals surface area (Å²) >= 11 is 0. The first-order valence-electron chi connectivity index (χ1n) is 15.0. The zero-order valence-corrected chi connectivity index (χ0v) is 25.2. The minimum atomic E-state index is -3.80. The summed E-state index contributed by atoms with van der Waals surface area (Å²) in [5, 5.41) is 0. The molecule has 43 heavy (non-hydrogen) atoms. The summed E-state index contributed by atoms with van der Waals surface area (Å²) in [5.74, 6) is 0.100. The highest BCUT2D eigenvalue weighted by Gasteiger charge is 2.36. The average molecular weight is 609 g/mol. The molecule has 230 valence electrons. The van der Waals surface area contributed by atoms with E-state index in [2.05, 4.69) is 31.1 Å². The number of piperidine rings is 1. The predicted octanol–water partition coefficient (Wildman–Crippen LogP) is 3.06. The number of rotatable bonds is 11. The van der Waals surface area contributed by atoms with Crippen molar-refractivity contribution < 1.29 is 22.7 Å². The molecule has 0 bridgehead atoms. The van der Waals surface area contributed by atoms with Crippen LogP contribution in [0.15, 0.2) is 59.1 Å². The van der Waals surface area contributed by atoms with E-state index in [1.165, 1.54) is 43.5 Å². The Morgan fingerprint density at radius 3 is 2.63 bits per heavy atom. The fraction of sp³-hybridized carbons (Fsp3) is 0.484. The van der Waals surface area contributed by atoms with Crippen molar-refractivity contribution in [1.82, 2.24) is 14.6 Å². The number of aliphatic imine (C=N–C) groups is 1. The van der Waals surface area contributed by atoms with E-state index in [-0.39, 0.29) is 34.9 Å². The van der Waals surface area contributed by atoms with E-state index >= 15 is 0 Å². The fourth-order valence-electron chi connectivity index (χ4n) is 6.10. The summed E-state index contributed by atoms with van der Waals surface area (Å²) in [5.41, 5.74) is 7.58. The zero-order valence-electron chi connectivity index (χ0n) is 24.4. The molecule has 2 aliphatic heterocycles. The van der Waals surface area contributed by atoms with Crippen LogP contribution in [-0.4, -0.2) is 74.8 Å². The lowest BCUT2D eigenvalue weighted by molar-refractivity contribution is -0.122. The van der Waals surface area contributed by atoms with Crippen molar-refractivity contribution in [2.45, 2.75) is 62.3 Å². The number of nitrogens with one attached hydrogen (secondary N) is 1. The molecule has 11 nitrogen and oxygen atoms in total. The highest BCUT2D eigenvalue weighted by molar-refractivity contribution is 7.89. The molecule has 2 amide bonds. The molecule has 1 aliphatic carbocycles. The molecule has 0 radical (unpaired) electrons. The van der Waals surface area contributed by atoms with Crippen LogP contribution >= 0.6 is 0 Å². The first-order valence-corrected chi connectivity index (χ1v) is 16.5. The van der Waals surface area contributed by atoms with Crippen molar-refractivity contribution in [3.05, 3.63) is 60.3 Å². The van der Waals surface area contributed by atoms with Gasteiger partial charge in [-0.15, -0.1) is 6.58 Å². The molecule has 1 aromatic carbocycles. The van der Waals surface area contributed by atoms with Gasteiger partial charge in [-0.1, -0.05) is 18.6 Å². The van der Waals surface area contributed by atoms with Gasteiger partial charge >= 0.3 is 0 Å². The number of ether oxygens (including phenoxy) is 1. The summed E-state index contributed by atoms with van der Waals surface area (Å²) in [7, 11) is -3.80. The number of carbonyl (C=O) groups is 2. The fourth-order valence-corrected chi connectivity index (χ4v) is 7.14. The maximum Gasteiger partial charge on any atom is 0.278 e. The van der Waals surface area contributed by atoms with Crippen LogP contribution in [0.1, 0.15) is 60.9 Å². The summed E-state index contributed by atoms with van der Waals surface area (Å²) in [4.78, 5) is 38.8. The van der Waals surface area contributed by atoms with Crippen LogP contribution < -0.4 is 20.1 Å². The van der Waals surface area contributed by atoms with Crippen molar-refractivity contribution >= 4 is 33.4 Å². The number of carbonyl (C=O) groups excluding carboxylic acids is 2. The maximum atomic E-state index is 13.4. The molecular formula is C31H40N6O5S. The monoisotopic (exact) mass is 608 g/mol. The van der Waals surface area contributed by atoms with E-state index < -0.39 is 15.9 Å². The minimum absolute atomic E-state index is 0.0156. The standard InChI is InChI=1S/C31H40N6O5S/c1-2-13-34-43(40,41)26-8-6-7-23(18-26)31(39)35-28-19-24-21-33-29(42-17-16-36-14-4-3-5-15-36)20-27(24)37(28)25-11-9-22(10-12-25)30(32)38/h2,6-8,18,20-22,25,34H,1,3-5,9-17,19H2,(H2,32,38). The van der Waals surface area contributed by atoms with E-state index in [1.54, 1.807) is 12.3 Å². The molecule has 3 aliphatic rings. The van der Waals surface area contributed by atoms with Gasteiger partial charge in [-0.25, -0.2) is 18.1 Å². The van der Waals surface area contributed by atoms with E-state index in [1.807, 2.05) is 6.07 Å². The molecule has 12 heteroatoms. The molecule has 0 spiro atoms. The summed E-state index contributed by atoms with van der Waals surface area (Å²) in [6.07, 6.45) is 10.1. The number of primary amides is 1. The van der Waals surface area contributed by atoms with Crippen LogP contribution in [0.2, 0.25) is 0 Å². The van der Waals surface area contributed by atoms with Crippen molar-refractivity contribution in [2.75, 3.05) is 37.7 Å². The number of hydrogen-bond donors (Lipinski definition) is 2. The summed E-state index contributed by atoms with van der Waals surface area (Å²) in [6.45, 7) is 7.18.